The molecule has 5 amide bonds. The van der Waals surface area contributed by atoms with Gasteiger partial charge >= 0.3 is 5.97 Å². The number of carboxylic acid groups (broad SMARTS) is 1. The summed E-state index contributed by atoms with van der Waals surface area (Å²) in [4.78, 5) is 72.8. The van der Waals surface area contributed by atoms with Crippen LogP contribution in [-0.4, -0.2) is 76.8 Å². The molecule has 13 nitrogen and oxygen atoms in total. The highest BCUT2D eigenvalue weighted by Gasteiger charge is 2.30. The van der Waals surface area contributed by atoms with E-state index in [0.29, 0.717) is 11.3 Å². The number of hydrogen-bond acceptors (Lipinski definition) is 8. The van der Waals surface area contributed by atoms with Gasteiger partial charge in [-0.1, -0.05) is 30.3 Å². The lowest BCUT2D eigenvalue weighted by atomic mass is 10.0. The van der Waals surface area contributed by atoms with Crippen LogP contribution in [0.1, 0.15) is 37.7 Å². The van der Waals surface area contributed by atoms with Crippen LogP contribution in [0, 0.1) is 0 Å². The molecule has 14 heteroatoms. The molecular formula is C24H36N6O7S. The number of thioether (sulfide) groups is 1. The van der Waals surface area contributed by atoms with Crippen molar-refractivity contribution in [3.63, 3.8) is 0 Å². The third kappa shape index (κ3) is 12.5. The predicted molar refractivity (Wildman–Crippen MR) is 141 cm³/mol. The first-order valence-electron chi connectivity index (χ1n) is 11.9. The highest BCUT2D eigenvalue weighted by atomic mass is 32.2. The van der Waals surface area contributed by atoms with Crippen LogP contribution in [0.4, 0.5) is 0 Å². The van der Waals surface area contributed by atoms with E-state index in [1.54, 1.807) is 36.6 Å². The molecule has 0 aliphatic heterocycles. The molecule has 4 atom stereocenters. The van der Waals surface area contributed by atoms with E-state index in [1.165, 1.54) is 11.8 Å². The maximum Gasteiger partial charge on any atom is 0.326 e. The Bertz CT molecular complexity index is 978. The lowest BCUT2D eigenvalue weighted by Gasteiger charge is -2.25. The molecule has 0 radical (unpaired) electrons. The van der Waals surface area contributed by atoms with Crippen LogP contribution in [0.15, 0.2) is 30.3 Å². The van der Waals surface area contributed by atoms with Crippen LogP contribution in [0.5, 0.6) is 0 Å². The zero-order valence-electron chi connectivity index (χ0n) is 21.2. The first kappa shape index (κ1) is 32.4. The van der Waals surface area contributed by atoms with Gasteiger partial charge in [0.15, 0.2) is 0 Å². The standard InChI is InChI=1S/C24H36N6O7S/c1-38-12-11-17(24(36)37)29-22(34)16(8-10-20(27)32)28-23(35)18(13-14-5-3-2-4-6-14)30-21(33)15(25)7-9-19(26)31/h2-6,15-18H,7-13,25H2,1H3,(H2,26,31)(H2,27,32)(H,28,35)(H,29,34)(H,30,33)(H,36,37). The van der Waals surface area contributed by atoms with Gasteiger partial charge in [-0.05, 0) is 36.8 Å². The Morgan fingerprint density at radius 2 is 1.32 bits per heavy atom. The van der Waals surface area contributed by atoms with Crippen molar-refractivity contribution >= 4 is 47.3 Å². The van der Waals surface area contributed by atoms with Crippen LogP contribution in [0.2, 0.25) is 0 Å². The highest BCUT2D eigenvalue weighted by Crippen LogP contribution is 2.08. The fourth-order valence-electron chi connectivity index (χ4n) is 3.36. The summed E-state index contributed by atoms with van der Waals surface area (Å²) < 4.78 is 0. The quantitative estimate of drug-likeness (QED) is 0.111. The molecule has 0 fully saturated rings. The van der Waals surface area contributed by atoms with E-state index < -0.39 is 59.7 Å². The molecule has 0 heterocycles. The van der Waals surface area contributed by atoms with E-state index >= 15 is 0 Å². The number of rotatable bonds is 18. The number of amides is 5. The van der Waals surface area contributed by atoms with E-state index in [9.17, 15) is 33.9 Å². The Labute approximate surface area is 225 Å². The van der Waals surface area contributed by atoms with Crippen molar-refractivity contribution in [2.24, 2.45) is 17.2 Å². The van der Waals surface area contributed by atoms with Gasteiger partial charge in [-0.3, -0.25) is 24.0 Å². The SMILES string of the molecule is CSCCC(NC(=O)C(CCC(N)=O)NC(=O)C(Cc1ccccc1)NC(=O)C(N)CCC(N)=O)C(=O)O. The van der Waals surface area contributed by atoms with Crippen molar-refractivity contribution in [3.05, 3.63) is 35.9 Å². The second-order valence-electron chi connectivity index (χ2n) is 8.61. The number of carbonyl (C=O) groups excluding carboxylic acids is 5. The molecule has 0 saturated heterocycles. The van der Waals surface area contributed by atoms with Crippen molar-refractivity contribution < 1.29 is 33.9 Å². The van der Waals surface area contributed by atoms with Crippen LogP contribution in [0.25, 0.3) is 0 Å². The Balaban J connectivity index is 3.10. The molecule has 0 bridgehead atoms. The van der Waals surface area contributed by atoms with Gasteiger partial charge in [-0.25, -0.2) is 4.79 Å². The molecule has 1 aromatic rings. The molecule has 0 aliphatic carbocycles. The van der Waals surface area contributed by atoms with Crippen molar-refractivity contribution in [2.45, 2.75) is 62.7 Å². The monoisotopic (exact) mass is 552 g/mol. The molecule has 38 heavy (non-hydrogen) atoms. The number of primary amides is 2. The Hall–Kier alpha value is -3.65. The van der Waals surface area contributed by atoms with Gasteiger partial charge in [0.1, 0.15) is 18.1 Å². The topological polar surface area (TPSA) is 237 Å². The number of nitrogens with two attached hydrogens (primary N) is 3. The van der Waals surface area contributed by atoms with Crippen molar-refractivity contribution in [1.82, 2.24) is 16.0 Å². The van der Waals surface area contributed by atoms with Crippen molar-refractivity contribution in [2.75, 3.05) is 12.0 Å². The fourth-order valence-corrected chi connectivity index (χ4v) is 3.83. The van der Waals surface area contributed by atoms with E-state index in [1.807, 2.05) is 0 Å². The molecule has 1 rings (SSSR count). The fraction of sp³-hybridized carbons (Fsp3) is 0.500. The van der Waals surface area contributed by atoms with Gasteiger partial charge in [-0.15, -0.1) is 0 Å². The van der Waals surface area contributed by atoms with Gasteiger partial charge in [0.25, 0.3) is 0 Å². The van der Waals surface area contributed by atoms with E-state index in [0.717, 1.165) is 0 Å². The maximum absolute atomic E-state index is 13.3. The summed E-state index contributed by atoms with van der Waals surface area (Å²) in [5.74, 6) is -4.40. The number of benzene rings is 1. The summed E-state index contributed by atoms with van der Waals surface area (Å²) in [6.45, 7) is 0. The minimum Gasteiger partial charge on any atom is -0.480 e. The Morgan fingerprint density at radius 3 is 1.87 bits per heavy atom. The highest BCUT2D eigenvalue weighted by molar-refractivity contribution is 7.98. The molecule has 10 N–H and O–H groups in total. The second-order valence-corrected chi connectivity index (χ2v) is 9.60. The molecule has 0 spiro atoms. The Kier molecular flexibility index (Phi) is 14.5. The van der Waals surface area contributed by atoms with E-state index in [4.69, 9.17) is 17.2 Å². The first-order chi connectivity index (χ1) is 17.9. The summed E-state index contributed by atoms with van der Waals surface area (Å²) in [5.41, 5.74) is 16.9. The molecule has 0 aromatic heterocycles. The normalized spacial score (nSPS) is 13.8. The summed E-state index contributed by atoms with van der Waals surface area (Å²) in [6.07, 6.45) is 1.38. The lowest BCUT2D eigenvalue weighted by Crippen LogP contribution is -2.57. The van der Waals surface area contributed by atoms with Gasteiger partial charge in [0.05, 0.1) is 6.04 Å². The number of aliphatic carboxylic acids is 1. The molecule has 4 unspecified atom stereocenters. The second kappa shape index (κ2) is 17.0. The van der Waals surface area contributed by atoms with Crippen molar-refractivity contribution in [1.29, 1.82) is 0 Å². The number of carbonyl (C=O) groups is 6. The lowest BCUT2D eigenvalue weighted by molar-refractivity contribution is -0.142. The van der Waals surface area contributed by atoms with E-state index in [2.05, 4.69) is 16.0 Å². The zero-order valence-corrected chi connectivity index (χ0v) is 22.0. The average molecular weight is 553 g/mol. The smallest absolute Gasteiger partial charge is 0.326 e. The largest absolute Gasteiger partial charge is 0.480 e. The number of hydrogen-bond donors (Lipinski definition) is 7. The number of nitrogens with one attached hydrogen (secondary N) is 3. The number of carboxylic acids is 1. The molecule has 0 saturated carbocycles. The average Bonchev–Trinajstić information content (AvgIpc) is 2.86. The van der Waals surface area contributed by atoms with Crippen LogP contribution in [0.3, 0.4) is 0 Å². The first-order valence-corrected chi connectivity index (χ1v) is 13.3. The van der Waals surface area contributed by atoms with Crippen LogP contribution >= 0.6 is 11.8 Å². The summed E-state index contributed by atoms with van der Waals surface area (Å²) in [5, 5.41) is 16.9. The Morgan fingerprint density at radius 1 is 0.789 bits per heavy atom. The molecule has 1 aromatic carbocycles. The van der Waals surface area contributed by atoms with Crippen LogP contribution in [-0.2, 0) is 35.2 Å². The molecule has 210 valence electrons. The van der Waals surface area contributed by atoms with Gasteiger partial charge in [0.2, 0.25) is 29.5 Å². The minimum absolute atomic E-state index is 0.0306. The summed E-state index contributed by atoms with van der Waals surface area (Å²) in [7, 11) is 0. The van der Waals surface area contributed by atoms with Gasteiger partial charge in [0, 0.05) is 19.3 Å². The van der Waals surface area contributed by atoms with Gasteiger partial charge < -0.3 is 38.3 Å². The van der Waals surface area contributed by atoms with E-state index in [-0.39, 0.29) is 38.5 Å². The van der Waals surface area contributed by atoms with Crippen LogP contribution < -0.4 is 33.2 Å². The van der Waals surface area contributed by atoms with Gasteiger partial charge in [-0.2, -0.15) is 11.8 Å². The molecule has 0 aliphatic rings. The third-order valence-corrected chi connectivity index (χ3v) is 6.14. The van der Waals surface area contributed by atoms with Crippen molar-refractivity contribution in [3.8, 4) is 0 Å². The molecular weight excluding hydrogens is 516 g/mol. The minimum atomic E-state index is -1.30. The zero-order chi connectivity index (χ0) is 28.7. The predicted octanol–water partition coefficient (Wildman–Crippen LogP) is -1.62. The third-order valence-electron chi connectivity index (χ3n) is 5.49. The summed E-state index contributed by atoms with van der Waals surface area (Å²) >= 11 is 1.40. The maximum atomic E-state index is 13.3. The summed E-state index contributed by atoms with van der Waals surface area (Å²) in [6, 6.07) is 3.94.